The lowest BCUT2D eigenvalue weighted by Crippen LogP contribution is -2.60. The largest absolute Gasteiger partial charge is 0.353 e. The molecule has 1 aliphatic heterocycles. The molecular weight excluding hydrogens is 384 g/mol. The van der Waals surface area contributed by atoms with E-state index in [1.165, 1.54) is 19.3 Å². The van der Waals surface area contributed by atoms with Crippen molar-refractivity contribution in [2.45, 2.75) is 81.8 Å². The highest BCUT2D eigenvalue weighted by atomic mass is 16.2. The quantitative estimate of drug-likeness (QED) is 0.746. The Hall–Kier alpha value is -2.62. The van der Waals surface area contributed by atoms with E-state index < -0.39 is 5.54 Å². The van der Waals surface area contributed by atoms with E-state index in [0.29, 0.717) is 12.1 Å². The molecule has 2 aromatic carbocycles. The zero-order valence-corrected chi connectivity index (χ0v) is 18.2. The van der Waals surface area contributed by atoms with E-state index in [1.54, 1.807) is 0 Å². The second kappa shape index (κ2) is 8.49. The van der Waals surface area contributed by atoms with E-state index in [4.69, 9.17) is 0 Å². The van der Waals surface area contributed by atoms with Gasteiger partial charge in [-0.05, 0) is 42.9 Å². The Morgan fingerprint density at radius 3 is 2.32 bits per heavy atom. The molecule has 2 saturated carbocycles. The van der Waals surface area contributed by atoms with Gasteiger partial charge in [0, 0.05) is 18.2 Å². The molecule has 1 heterocycles. The zero-order valence-electron chi connectivity index (χ0n) is 18.2. The average molecular weight is 417 g/mol. The Morgan fingerprint density at radius 2 is 1.58 bits per heavy atom. The molecule has 2 aliphatic carbocycles. The van der Waals surface area contributed by atoms with Gasteiger partial charge in [0.2, 0.25) is 5.91 Å². The first-order valence-corrected chi connectivity index (χ1v) is 11.9. The smallest absolute Gasteiger partial charge is 0.254 e. The minimum absolute atomic E-state index is 0.0723. The van der Waals surface area contributed by atoms with Crippen LogP contribution in [0, 0.1) is 0 Å². The number of fused-ring (bicyclic) bond motifs is 1. The standard InChI is InChI=1S/C27H32N2O2/c30-25(28-21-13-5-2-6-14-21)24-22-15-7-8-16-23(22)26(31)29(27(24)17-9-10-18-27)19-20-11-3-1-4-12-20/h1,3-4,7-8,11-12,15-16,21,24H,2,5-6,9-10,13-14,17-19H2,(H,28,30)/t24-/m1/s1. The van der Waals surface area contributed by atoms with Crippen molar-refractivity contribution < 1.29 is 9.59 Å². The lowest BCUT2D eigenvalue weighted by atomic mass is 9.70. The summed E-state index contributed by atoms with van der Waals surface area (Å²) in [6.07, 6.45) is 9.70. The number of hydrogen-bond donors (Lipinski definition) is 1. The fourth-order valence-corrected chi connectivity index (χ4v) is 6.19. The van der Waals surface area contributed by atoms with Crippen LogP contribution in [0.25, 0.3) is 0 Å². The maximum atomic E-state index is 13.8. The fourth-order valence-electron chi connectivity index (χ4n) is 6.19. The van der Waals surface area contributed by atoms with Gasteiger partial charge < -0.3 is 10.2 Å². The second-order valence-corrected chi connectivity index (χ2v) is 9.55. The lowest BCUT2D eigenvalue weighted by Gasteiger charge is -2.50. The molecule has 1 N–H and O–H groups in total. The second-order valence-electron chi connectivity index (χ2n) is 9.55. The molecule has 0 unspecified atom stereocenters. The van der Waals surface area contributed by atoms with Crippen LogP contribution in [0.15, 0.2) is 54.6 Å². The average Bonchev–Trinajstić information content (AvgIpc) is 3.28. The highest BCUT2D eigenvalue weighted by Gasteiger charge is 2.55. The summed E-state index contributed by atoms with van der Waals surface area (Å²) in [5, 5.41) is 3.40. The predicted molar refractivity (Wildman–Crippen MR) is 122 cm³/mol. The molecule has 2 aromatic rings. The van der Waals surface area contributed by atoms with Gasteiger partial charge in [-0.1, -0.05) is 80.6 Å². The number of nitrogens with zero attached hydrogens (tertiary/aromatic N) is 1. The van der Waals surface area contributed by atoms with E-state index in [-0.39, 0.29) is 23.8 Å². The monoisotopic (exact) mass is 416 g/mol. The highest BCUT2D eigenvalue weighted by molar-refractivity contribution is 6.02. The normalized spacial score (nSPS) is 23.0. The Morgan fingerprint density at radius 1 is 0.903 bits per heavy atom. The van der Waals surface area contributed by atoms with Gasteiger partial charge in [0.1, 0.15) is 0 Å². The van der Waals surface area contributed by atoms with Crippen molar-refractivity contribution in [3.8, 4) is 0 Å². The molecule has 162 valence electrons. The number of carbonyl (C=O) groups is 2. The van der Waals surface area contributed by atoms with Gasteiger partial charge in [-0.25, -0.2) is 0 Å². The van der Waals surface area contributed by atoms with Crippen LogP contribution in [0.3, 0.4) is 0 Å². The molecule has 0 saturated heterocycles. The fraction of sp³-hybridized carbons (Fsp3) is 0.481. The third-order valence-electron chi connectivity index (χ3n) is 7.69. The first-order chi connectivity index (χ1) is 15.2. The SMILES string of the molecule is O=C(NC1CCCCC1)[C@H]1c2ccccc2C(=O)N(Cc2ccccc2)C12CCCC2. The summed E-state index contributed by atoms with van der Waals surface area (Å²) in [6, 6.07) is 18.3. The molecule has 4 heteroatoms. The van der Waals surface area contributed by atoms with E-state index in [2.05, 4.69) is 17.4 Å². The minimum Gasteiger partial charge on any atom is -0.353 e. The summed E-state index contributed by atoms with van der Waals surface area (Å²) in [5.41, 5.74) is 2.31. The third kappa shape index (κ3) is 3.66. The van der Waals surface area contributed by atoms with Gasteiger partial charge in [-0.2, -0.15) is 0 Å². The molecular formula is C27H32N2O2. The molecule has 4 nitrogen and oxygen atoms in total. The first kappa shape index (κ1) is 20.3. The van der Waals surface area contributed by atoms with Crippen molar-refractivity contribution in [2.24, 2.45) is 0 Å². The van der Waals surface area contributed by atoms with Crippen molar-refractivity contribution in [1.82, 2.24) is 10.2 Å². The lowest BCUT2D eigenvalue weighted by molar-refractivity contribution is -0.127. The van der Waals surface area contributed by atoms with Gasteiger partial charge in [0.05, 0.1) is 11.5 Å². The van der Waals surface area contributed by atoms with Crippen LogP contribution in [0.2, 0.25) is 0 Å². The Kier molecular flexibility index (Phi) is 5.56. The van der Waals surface area contributed by atoms with Crippen molar-refractivity contribution in [2.75, 3.05) is 0 Å². The van der Waals surface area contributed by atoms with Crippen LogP contribution in [-0.4, -0.2) is 28.3 Å². The minimum atomic E-state index is -0.431. The number of hydrogen-bond acceptors (Lipinski definition) is 2. The molecule has 2 amide bonds. The van der Waals surface area contributed by atoms with Crippen molar-refractivity contribution in [1.29, 1.82) is 0 Å². The molecule has 2 fully saturated rings. The summed E-state index contributed by atoms with van der Waals surface area (Å²) in [7, 11) is 0. The van der Waals surface area contributed by atoms with Gasteiger partial charge >= 0.3 is 0 Å². The first-order valence-electron chi connectivity index (χ1n) is 11.9. The Labute approximate surface area is 185 Å². The van der Waals surface area contributed by atoms with Crippen molar-refractivity contribution in [3.63, 3.8) is 0 Å². The summed E-state index contributed by atoms with van der Waals surface area (Å²) >= 11 is 0. The molecule has 31 heavy (non-hydrogen) atoms. The summed E-state index contributed by atoms with van der Waals surface area (Å²) in [5.74, 6) is -0.107. The van der Waals surface area contributed by atoms with E-state index in [9.17, 15) is 9.59 Å². The molecule has 0 aromatic heterocycles. The maximum absolute atomic E-state index is 13.8. The van der Waals surface area contributed by atoms with E-state index in [0.717, 1.165) is 49.7 Å². The molecule has 1 spiro atoms. The van der Waals surface area contributed by atoms with Crippen LogP contribution >= 0.6 is 0 Å². The van der Waals surface area contributed by atoms with E-state index >= 15 is 0 Å². The van der Waals surface area contributed by atoms with Gasteiger partial charge in [0.25, 0.3) is 5.91 Å². The van der Waals surface area contributed by atoms with Gasteiger partial charge in [0.15, 0.2) is 0 Å². The Balaban J connectivity index is 1.56. The number of nitrogens with one attached hydrogen (secondary N) is 1. The molecule has 5 rings (SSSR count). The van der Waals surface area contributed by atoms with Gasteiger partial charge in [-0.15, -0.1) is 0 Å². The van der Waals surface area contributed by atoms with Crippen LogP contribution in [0.5, 0.6) is 0 Å². The van der Waals surface area contributed by atoms with Crippen LogP contribution in [-0.2, 0) is 11.3 Å². The van der Waals surface area contributed by atoms with Crippen molar-refractivity contribution in [3.05, 3.63) is 71.3 Å². The van der Waals surface area contributed by atoms with E-state index in [1.807, 2.05) is 47.4 Å². The molecule has 0 bridgehead atoms. The number of carbonyl (C=O) groups excluding carboxylic acids is 2. The zero-order chi connectivity index (χ0) is 21.3. The highest BCUT2D eigenvalue weighted by Crippen LogP contribution is 2.51. The summed E-state index contributed by atoms with van der Waals surface area (Å²) < 4.78 is 0. The van der Waals surface area contributed by atoms with Crippen LogP contribution < -0.4 is 5.32 Å². The van der Waals surface area contributed by atoms with Crippen LogP contribution in [0.4, 0.5) is 0 Å². The summed E-state index contributed by atoms with van der Waals surface area (Å²) in [4.78, 5) is 29.6. The Bertz CT molecular complexity index is 943. The molecule has 0 radical (unpaired) electrons. The maximum Gasteiger partial charge on any atom is 0.254 e. The third-order valence-corrected chi connectivity index (χ3v) is 7.69. The number of benzene rings is 2. The number of rotatable bonds is 4. The van der Waals surface area contributed by atoms with Crippen LogP contribution in [0.1, 0.15) is 85.2 Å². The predicted octanol–water partition coefficient (Wildman–Crippen LogP) is 5.19. The number of amides is 2. The summed E-state index contributed by atoms with van der Waals surface area (Å²) in [6.45, 7) is 0.557. The molecule has 1 atom stereocenters. The topological polar surface area (TPSA) is 49.4 Å². The van der Waals surface area contributed by atoms with Gasteiger partial charge in [-0.3, -0.25) is 9.59 Å². The molecule has 3 aliphatic rings. The van der Waals surface area contributed by atoms with Crippen molar-refractivity contribution >= 4 is 11.8 Å².